The summed E-state index contributed by atoms with van der Waals surface area (Å²) in [7, 11) is 3.50. The third-order valence-electron chi connectivity index (χ3n) is 1.59. The van der Waals surface area contributed by atoms with Crippen molar-refractivity contribution < 1.29 is 9.15 Å². The normalized spacial score (nSPS) is 13.2. The Morgan fingerprint density at radius 2 is 2.42 bits per heavy atom. The van der Waals surface area contributed by atoms with Crippen molar-refractivity contribution in [3.8, 4) is 0 Å². The zero-order valence-electron chi connectivity index (χ0n) is 7.13. The van der Waals surface area contributed by atoms with Crippen LogP contribution in [0.1, 0.15) is 11.9 Å². The van der Waals surface area contributed by atoms with Crippen molar-refractivity contribution in [3.63, 3.8) is 0 Å². The summed E-state index contributed by atoms with van der Waals surface area (Å²) in [4.78, 5) is 0. The van der Waals surface area contributed by atoms with E-state index in [4.69, 9.17) is 20.8 Å². The molecule has 1 atom stereocenters. The van der Waals surface area contributed by atoms with Crippen molar-refractivity contribution in [2.45, 2.75) is 6.10 Å². The summed E-state index contributed by atoms with van der Waals surface area (Å²) in [6, 6.07) is 3.52. The van der Waals surface area contributed by atoms with Crippen LogP contribution in [-0.2, 0) is 4.74 Å². The summed E-state index contributed by atoms with van der Waals surface area (Å²) in [5, 5.41) is 3.39. The molecule has 0 aliphatic carbocycles. The van der Waals surface area contributed by atoms with E-state index in [0.29, 0.717) is 11.8 Å². The maximum atomic E-state index is 5.62. The maximum absolute atomic E-state index is 5.62. The maximum Gasteiger partial charge on any atom is 0.193 e. The third-order valence-corrected chi connectivity index (χ3v) is 1.79. The monoisotopic (exact) mass is 189 g/mol. The number of hydrogen-bond donors (Lipinski definition) is 1. The minimum atomic E-state index is -0.0671. The van der Waals surface area contributed by atoms with Crippen molar-refractivity contribution in [1.82, 2.24) is 5.32 Å². The van der Waals surface area contributed by atoms with Crippen LogP contribution in [0.25, 0.3) is 0 Å². The van der Waals surface area contributed by atoms with Gasteiger partial charge in [0.2, 0.25) is 0 Å². The number of rotatable bonds is 4. The Morgan fingerprint density at radius 3 is 2.83 bits per heavy atom. The quantitative estimate of drug-likeness (QED) is 0.785. The lowest BCUT2D eigenvalue weighted by Crippen LogP contribution is -2.17. The summed E-state index contributed by atoms with van der Waals surface area (Å²) in [5.41, 5.74) is 0. The van der Waals surface area contributed by atoms with Gasteiger partial charge < -0.3 is 14.5 Å². The second-order valence-electron chi connectivity index (χ2n) is 2.42. The molecule has 68 valence electrons. The first-order chi connectivity index (χ1) is 5.77. The van der Waals surface area contributed by atoms with Gasteiger partial charge in [0.15, 0.2) is 5.22 Å². The van der Waals surface area contributed by atoms with Gasteiger partial charge in [-0.2, -0.15) is 0 Å². The van der Waals surface area contributed by atoms with E-state index >= 15 is 0 Å². The molecule has 1 rings (SSSR count). The first-order valence-corrected chi connectivity index (χ1v) is 4.08. The molecule has 0 saturated heterocycles. The SMILES string of the molecule is CNCC(OC)c1ccc(Cl)o1. The lowest BCUT2D eigenvalue weighted by atomic mass is 10.3. The van der Waals surface area contributed by atoms with Crippen molar-refractivity contribution in [2.24, 2.45) is 0 Å². The molecular weight excluding hydrogens is 178 g/mol. The van der Waals surface area contributed by atoms with Gasteiger partial charge in [-0.3, -0.25) is 0 Å². The van der Waals surface area contributed by atoms with Crippen LogP contribution in [0.15, 0.2) is 16.5 Å². The topological polar surface area (TPSA) is 34.4 Å². The molecule has 0 spiro atoms. The number of methoxy groups -OCH3 is 1. The zero-order chi connectivity index (χ0) is 8.97. The van der Waals surface area contributed by atoms with E-state index in [2.05, 4.69) is 5.32 Å². The lowest BCUT2D eigenvalue weighted by molar-refractivity contribution is 0.0851. The Labute approximate surface area is 76.7 Å². The first kappa shape index (κ1) is 9.58. The Bertz CT molecular complexity index is 237. The summed E-state index contributed by atoms with van der Waals surface area (Å²) in [6.45, 7) is 0.709. The average Bonchev–Trinajstić information content (AvgIpc) is 2.47. The van der Waals surface area contributed by atoms with Gasteiger partial charge in [0.05, 0.1) is 0 Å². The number of ether oxygens (including phenoxy) is 1. The second-order valence-corrected chi connectivity index (χ2v) is 2.80. The van der Waals surface area contributed by atoms with Crippen LogP contribution in [0, 0.1) is 0 Å². The molecule has 4 heteroatoms. The minimum Gasteiger partial charge on any atom is -0.447 e. The largest absolute Gasteiger partial charge is 0.447 e. The Balaban J connectivity index is 2.66. The molecule has 0 bridgehead atoms. The minimum absolute atomic E-state index is 0.0671. The van der Waals surface area contributed by atoms with E-state index in [9.17, 15) is 0 Å². The molecule has 0 aromatic carbocycles. The molecule has 1 aromatic rings. The van der Waals surface area contributed by atoms with Crippen molar-refractivity contribution >= 4 is 11.6 Å². The fraction of sp³-hybridized carbons (Fsp3) is 0.500. The van der Waals surface area contributed by atoms with Gasteiger partial charge in [0.25, 0.3) is 0 Å². The number of furan rings is 1. The Morgan fingerprint density at radius 1 is 1.67 bits per heavy atom. The van der Waals surface area contributed by atoms with Gasteiger partial charge in [-0.1, -0.05) is 0 Å². The summed E-state index contributed by atoms with van der Waals surface area (Å²) in [5.74, 6) is 0.747. The summed E-state index contributed by atoms with van der Waals surface area (Å²) >= 11 is 5.62. The predicted molar refractivity (Wildman–Crippen MR) is 47.4 cm³/mol. The molecule has 0 aliphatic rings. The fourth-order valence-corrected chi connectivity index (χ4v) is 1.14. The lowest BCUT2D eigenvalue weighted by Gasteiger charge is -2.10. The van der Waals surface area contributed by atoms with Crippen molar-refractivity contribution in [2.75, 3.05) is 20.7 Å². The summed E-state index contributed by atoms with van der Waals surface area (Å²) < 4.78 is 10.4. The molecule has 0 amide bonds. The van der Waals surface area contributed by atoms with E-state index in [0.717, 1.165) is 5.76 Å². The second kappa shape index (κ2) is 4.50. The highest BCUT2D eigenvalue weighted by atomic mass is 35.5. The first-order valence-electron chi connectivity index (χ1n) is 3.70. The van der Waals surface area contributed by atoms with Crippen LogP contribution in [0.5, 0.6) is 0 Å². The van der Waals surface area contributed by atoms with Gasteiger partial charge in [0, 0.05) is 13.7 Å². The van der Waals surface area contributed by atoms with E-state index in [1.165, 1.54) is 0 Å². The molecule has 0 fully saturated rings. The number of hydrogen-bond acceptors (Lipinski definition) is 3. The predicted octanol–water partition coefficient (Wildman–Crippen LogP) is 1.84. The number of halogens is 1. The highest BCUT2D eigenvalue weighted by Gasteiger charge is 2.12. The molecule has 0 saturated carbocycles. The Kier molecular flexibility index (Phi) is 3.59. The van der Waals surface area contributed by atoms with Gasteiger partial charge in [-0.15, -0.1) is 0 Å². The number of likely N-dealkylation sites (N-methyl/N-ethyl adjacent to an activating group) is 1. The van der Waals surface area contributed by atoms with Gasteiger partial charge in [-0.05, 0) is 30.8 Å². The average molecular weight is 190 g/mol. The molecule has 1 aromatic heterocycles. The highest BCUT2D eigenvalue weighted by molar-refractivity contribution is 6.28. The van der Waals surface area contributed by atoms with Crippen LogP contribution < -0.4 is 5.32 Å². The van der Waals surface area contributed by atoms with E-state index in [1.54, 1.807) is 13.2 Å². The zero-order valence-corrected chi connectivity index (χ0v) is 7.89. The molecule has 12 heavy (non-hydrogen) atoms. The molecule has 3 nitrogen and oxygen atoms in total. The van der Waals surface area contributed by atoms with Gasteiger partial charge >= 0.3 is 0 Å². The Hall–Kier alpha value is -0.510. The van der Waals surface area contributed by atoms with E-state index in [1.807, 2.05) is 13.1 Å². The molecular formula is C8H12ClNO2. The number of nitrogens with one attached hydrogen (secondary N) is 1. The van der Waals surface area contributed by atoms with Crippen LogP contribution in [0.4, 0.5) is 0 Å². The van der Waals surface area contributed by atoms with E-state index < -0.39 is 0 Å². The van der Waals surface area contributed by atoms with Crippen LogP contribution in [0.2, 0.25) is 5.22 Å². The highest BCUT2D eigenvalue weighted by Crippen LogP contribution is 2.21. The molecule has 0 aliphatic heterocycles. The molecule has 0 radical (unpaired) electrons. The van der Waals surface area contributed by atoms with Gasteiger partial charge in [0.1, 0.15) is 11.9 Å². The molecule has 1 unspecified atom stereocenters. The van der Waals surface area contributed by atoms with E-state index in [-0.39, 0.29) is 6.10 Å². The molecule has 1 N–H and O–H groups in total. The molecule has 1 heterocycles. The van der Waals surface area contributed by atoms with Crippen LogP contribution >= 0.6 is 11.6 Å². The fourth-order valence-electron chi connectivity index (χ4n) is 0.987. The smallest absolute Gasteiger partial charge is 0.193 e. The third kappa shape index (κ3) is 2.24. The standard InChI is InChI=1S/C8H12ClNO2/c1-10-5-7(11-2)6-3-4-8(9)12-6/h3-4,7,10H,5H2,1-2H3. The van der Waals surface area contributed by atoms with Gasteiger partial charge in [-0.25, -0.2) is 0 Å². The van der Waals surface area contributed by atoms with Crippen molar-refractivity contribution in [1.29, 1.82) is 0 Å². The summed E-state index contributed by atoms with van der Waals surface area (Å²) in [6.07, 6.45) is -0.0671. The van der Waals surface area contributed by atoms with Crippen molar-refractivity contribution in [3.05, 3.63) is 23.1 Å². The van der Waals surface area contributed by atoms with Crippen LogP contribution in [0.3, 0.4) is 0 Å². The van der Waals surface area contributed by atoms with Crippen LogP contribution in [-0.4, -0.2) is 20.7 Å².